The standard InChI is InChI=1S/2C11H10O2.C5H6O4/c2*12-11(13)9-5-4-8-10-6-2-1-3-7-10;1-3(5(8)9)2-4(6)7/h2*1-9H,(H,12,13);1-2H2,(H,6,7)(H,8,9). The molecular formula is C27H26O8. The number of carboxylic acids is 4. The Labute approximate surface area is 202 Å². The van der Waals surface area contributed by atoms with Gasteiger partial charge >= 0.3 is 23.9 Å². The fourth-order valence-corrected chi connectivity index (χ4v) is 2.00. The van der Waals surface area contributed by atoms with E-state index in [0.29, 0.717) is 0 Å². The van der Waals surface area contributed by atoms with Gasteiger partial charge in [-0.25, -0.2) is 14.4 Å². The third-order valence-electron chi connectivity index (χ3n) is 3.54. The van der Waals surface area contributed by atoms with Gasteiger partial charge in [0.05, 0.1) is 6.42 Å². The maximum atomic E-state index is 10.1. The second-order valence-electron chi connectivity index (χ2n) is 6.41. The maximum absolute atomic E-state index is 10.1. The zero-order chi connectivity index (χ0) is 26.5. The number of benzene rings is 2. The van der Waals surface area contributed by atoms with E-state index in [1.807, 2.05) is 72.8 Å². The lowest BCUT2D eigenvalue weighted by atomic mass is 10.2. The average Bonchev–Trinajstić information content (AvgIpc) is 2.81. The molecule has 2 aromatic rings. The Hall–Kier alpha value is -4.98. The molecule has 0 saturated heterocycles. The minimum atomic E-state index is -1.27. The Morgan fingerprint density at radius 2 is 1.00 bits per heavy atom. The molecular weight excluding hydrogens is 452 g/mol. The molecule has 35 heavy (non-hydrogen) atoms. The molecule has 2 aromatic carbocycles. The molecule has 0 aliphatic rings. The molecule has 0 saturated carbocycles. The van der Waals surface area contributed by atoms with Crippen LogP contribution in [-0.4, -0.2) is 44.3 Å². The number of rotatable bonds is 9. The first-order valence-corrected chi connectivity index (χ1v) is 10.00. The van der Waals surface area contributed by atoms with Gasteiger partial charge < -0.3 is 20.4 Å². The number of hydrogen-bond acceptors (Lipinski definition) is 4. The van der Waals surface area contributed by atoms with Gasteiger partial charge in [-0.1, -0.05) is 104 Å². The molecule has 0 amide bonds. The number of aliphatic carboxylic acids is 4. The van der Waals surface area contributed by atoms with Crippen molar-refractivity contribution in [2.24, 2.45) is 0 Å². The largest absolute Gasteiger partial charge is 0.481 e. The summed E-state index contributed by atoms with van der Waals surface area (Å²) >= 11 is 0. The molecule has 0 aromatic heterocycles. The lowest BCUT2D eigenvalue weighted by Gasteiger charge is -1.91. The van der Waals surface area contributed by atoms with E-state index in [1.165, 1.54) is 12.2 Å². The van der Waals surface area contributed by atoms with Crippen molar-refractivity contribution in [1.29, 1.82) is 0 Å². The molecule has 0 bridgehead atoms. The first-order valence-electron chi connectivity index (χ1n) is 10.00. The van der Waals surface area contributed by atoms with Crippen LogP contribution < -0.4 is 0 Å². The number of hydrogen-bond donors (Lipinski definition) is 4. The van der Waals surface area contributed by atoms with E-state index in [9.17, 15) is 19.2 Å². The molecule has 8 heteroatoms. The summed E-state index contributed by atoms with van der Waals surface area (Å²) in [5, 5.41) is 32.7. The Balaban J connectivity index is 0.000000506. The van der Waals surface area contributed by atoms with Crippen molar-refractivity contribution in [3.8, 4) is 0 Å². The summed E-state index contributed by atoms with van der Waals surface area (Å²) in [6.07, 6.45) is 11.8. The van der Waals surface area contributed by atoms with Crippen molar-refractivity contribution in [2.75, 3.05) is 0 Å². The Morgan fingerprint density at radius 3 is 1.26 bits per heavy atom. The second kappa shape index (κ2) is 18.6. The van der Waals surface area contributed by atoms with Gasteiger partial charge in [0.1, 0.15) is 0 Å². The quantitative estimate of drug-likeness (QED) is 0.297. The topological polar surface area (TPSA) is 149 Å². The zero-order valence-electron chi connectivity index (χ0n) is 18.7. The van der Waals surface area contributed by atoms with Gasteiger partial charge in [-0.15, -0.1) is 0 Å². The molecule has 0 spiro atoms. The number of carbonyl (C=O) groups is 4. The van der Waals surface area contributed by atoms with Gasteiger partial charge in [-0.05, 0) is 11.1 Å². The van der Waals surface area contributed by atoms with E-state index in [1.54, 1.807) is 12.2 Å². The van der Waals surface area contributed by atoms with Gasteiger partial charge in [0.2, 0.25) is 0 Å². The molecule has 0 heterocycles. The van der Waals surface area contributed by atoms with Gasteiger partial charge in [0, 0.05) is 17.7 Å². The monoisotopic (exact) mass is 478 g/mol. The van der Waals surface area contributed by atoms with Crippen LogP contribution in [0.2, 0.25) is 0 Å². The fourth-order valence-electron chi connectivity index (χ4n) is 2.00. The van der Waals surface area contributed by atoms with Crippen LogP contribution in [0.15, 0.2) is 109 Å². The summed E-state index contributed by atoms with van der Waals surface area (Å²) in [7, 11) is 0. The summed E-state index contributed by atoms with van der Waals surface area (Å²) in [5.74, 6) is -4.31. The van der Waals surface area contributed by atoms with Crippen molar-refractivity contribution < 1.29 is 39.6 Å². The van der Waals surface area contributed by atoms with Crippen molar-refractivity contribution >= 4 is 36.0 Å². The van der Waals surface area contributed by atoms with Gasteiger partial charge in [-0.3, -0.25) is 4.79 Å². The first-order chi connectivity index (χ1) is 16.6. The first kappa shape index (κ1) is 30.0. The molecule has 0 aliphatic heterocycles. The van der Waals surface area contributed by atoms with Crippen molar-refractivity contribution in [3.63, 3.8) is 0 Å². The number of carboxylic acid groups (broad SMARTS) is 4. The second-order valence-corrected chi connectivity index (χ2v) is 6.41. The lowest BCUT2D eigenvalue weighted by Crippen LogP contribution is -2.04. The van der Waals surface area contributed by atoms with Gasteiger partial charge in [-0.2, -0.15) is 0 Å². The average molecular weight is 478 g/mol. The molecule has 4 N–H and O–H groups in total. The van der Waals surface area contributed by atoms with Crippen LogP contribution in [0.1, 0.15) is 17.5 Å². The van der Waals surface area contributed by atoms with E-state index in [2.05, 4.69) is 6.58 Å². The minimum Gasteiger partial charge on any atom is -0.481 e. The lowest BCUT2D eigenvalue weighted by molar-refractivity contribution is -0.139. The summed E-state index contributed by atoms with van der Waals surface area (Å²) < 4.78 is 0. The van der Waals surface area contributed by atoms with E-state index < -0.39 is 30.3 Å². The SMILES string of the molecule is C=C(CC(=O)O)C(=O)O.O=C(O)C=CC=Cc1ccccc1.O=C(O)C=CC=Cc1ccccc1. The van der Waals surface area contributed by atoms with Crippen molar-refractivity contribution in [2.45, 2.75) is 6.42 Å². The molecule has 8 nitrogen and oxygen atoms in total. The molecule has 182 valence electrons. The molecule has 0 unspecified atom stereocenters. The van der Waals surface area contributed by atoms with E-state index in [0.717, 1.165) is 23.3 Å². The highest BCUT2D eigenvalue weighted by molar-refractivity contribution is 5.91. The van der Waals surface area contributed by atoms with Crippen LogP contribution in [0.3, 0.4) is 0 Å². The zero-order valence-corrected chi connectivity index (χ0v) is 18.7. The molecule has 0 fully saturated rings. The van der Waals surface area contributed by atoms with Gasteiger partial charge in [0.15, 0.2) is 0 Å². The highest BCUT2D eigenvalue weighted by Crippen LogP contribution is 2.01. The highest BCUT2D eigenvalue weighted by Gasteiger charge is 2.07. The summed E-state index contributed by atoms with van der Waals surface area (Å²) in [6, 6.07) is 19.4. The molecule has 0 atom stereocenters. The van der Waals surface area contributed by atoms with Crippen LogP contribution >= 0.6 is 0 Å². The molecule has 0 radical (unpaired) electrons. The summed E-state index contributed by atoms with van der Waals surface area (Å²) in [5.41, 5.74) is 1.80. The normalized spacial score (nSPS) is 10.4. The highest BCUT2D eigenvalue weighted by atomic mass is 16.4. The summed E-state index contributed by atoms with van der Waals surface area (Å²) in [6.45, 7) is 3.01. The van der Waals surface area contributed by atoms with Gasteiger partial charge in [0.25, 0.3) is 0 Å². The van der Waals surface area contributed by atoms with Crippen molar-refractivity contribution in [3.05, 3.63) is 120 Å². The van der Waals surface area contributed by atoms with Crippen LogP contribution in [0.4, 0.5) is 0 Å². The van der Waals surface area contributed by atoms with Crippen LogP contribution in [0, 0.1) is 0 Å². The molecule has 2 rings (SSSR count). The number of allylic oxidation sites excluding steroid dienone is 4. The minimum absolute atomic E-state index is 0.303. The van der Waals surface area contributed by atoms with E-state index >= 15 is 0 Å². The van der Waals surface area contributed by atoms with Crippen molar-refractivity contribution in [1.82, 2.24) is 0 Å². The van der Waals surface area contributed by atoms with Crippen LogP contribution in [0.5, 0.6) is 0 Å². The Bertz CT molecular complexity index is 1010. The predicted octanol–water partition coefficient (Wildman–Crippen LogP) is 4.78. The maximum Gasteiger partial charge on any atom is 0.331 e. The smallest absolute Gasteiger partial charge is 0.331 e. The summed E-state index contributed by atoms with van der Waals surface area (Å²) in [4.78, 5) is 39.8. The van der Waals surface area contributed by atoms with Crippen LogP contribution in [0.25, 0.3) is 12.2 Å². The Kier molecular flexibility index (Phi) is 15.9. The Morgan fingerprint density at radius 1 is 0.629 bits per heavy atom. The fraction of sp³-hybridized carbons (Fsp3) is 0.0370. The third kappa shape index (κ3) is 19.4. The third-order valence-corrected chi connectivity index (χ3v) is 3.54. The van der Waals surface area contributed by atoms with E-state index in [4.69, 9.17) is 20.4 Å². The molecule has 0 aliphatic carbocycles. The predicted molar refractivity (Wildman–Crippen MR) is 134 cm³/mol. The van der Waals surface area contributed by atoms with E-state index in [-0.39, 0.29) is 5.57 Å². The van der Waals surface area contributed by atoms with Crippen LogP contribution in [-0.2, 0) is 19.2 Å².